The summed E-state index contributed by atoms with van der Waals surface area (Å²) in [5.74, 6) is -0.412. The number of nitrogens with one attached hydrogen (secondary N) is 2. The summed E-state index contributed by atoms with van der Waals surface area (Å²) in [4.78, 5) is 11.5. The van der Waals surface area contributed by atoms with E-state index < -0.39 is 22.0 Å². The molecule has 0 spiro atoms. The van der Waals surface area contributed by atoms with Crippen molar-refractivity contribution in [1.29, 1.82) is 0 Å². The van der Waals surface area contributed by atoms with E-state index in [1.54, 1.807) is 6.07 Å². The normalized spacial score (nSPS) is 12.6. The molecule has 0 saturated heterocycles. The molecule has 0 bridgehead atoms. The Morgan fingerprint density at radius 2 is 2.10 bits per heavy atom. The van der Waals surface area contributed by atoms with Crippen molar-refractivity contribution in [2.45, 2.75) is 19.4 Å². The Hall–Kier alpha value is -1.47. The van der Waals surface area contributed by atoms with Gasteiger partial charge in [-0.1, -0.05) is 18.5 Å². The van der Waals surface area contributed by atoms with Crippen molar-refractivity contribution in [3.63, 3.8) is 0 Å². The molecule has 112 valence electrons. The van der Waals surface area contributed by atoms with Gasteiger partial charge in [-0.25, -0.2) is 13.2 Å². The van der Waals surface area contributed by atoms with Crippen molar-refractivity contribution in [2.75, 3.05) is 23.4 Å². The molecule has 1 rings (SSSR count). The van der Waals surface area contributed by atoms with E-state index in [-0.39, 0.29) is 0 Å². The Morgan fingerprint density at radius 1 is 1.45 bits per heavy atom. The maximum atomic E-state index is 11.5. The standard InChI is InChI=1S/C12H17ClN2O4S/c1-4-10(12(16)19-2)14-11-7-8(5-6-9(11)13)15-20(3,17)18/h5-7,10,14-15H,4H2,1-3H3. The lowest BCUT2D eigenvalue weighted by Crippen LogP contribution is -2.30. The second-order valence-electron chi connectivity index (χ2n) is 4.20. The molecule has 0 radical (unpaired) electrons. The zero-order valence-electron chi connectivity index (χ0n) is 11.4. The first kappa shape index (κ1) is 16.6. The van der Waals surface area contributed by atoms with Gasteiger partial charge in [-0.15, -0.1) is 0 Å². The third kappa shape index (κ3) is 4.90. The Labute approximate surface area is 123 Å². The summed E-state index contributed by atoms with van der Waals surface area (Å²) in [6, 6.07) is 4.05. The zero-order valence-corrected chi connectivity index (χ0v) is 13.0. The summed E-state index contributed by atoms with van der Waals surface area (Å²) in [6.45, 7) is 1.82. The highest BCUT2D eigenvalue weighted by molar-refractivity contribution is 7.92. The quantitative estimate of drug-likeness (QED) is 0.784. The molecule has 20 heavy (non-hydrogen) atoms. The van der Waals surface area contributed by atoms with E-state index in [1.165, 1.54) is 19.2 Å². The van der Waals surface area contributed by atoms with Gasteiger partial charge in [0.25, 0.3) is 0 Å². The first-order valence-corrected chi connectivity index (χ1v) is 8.15. The smallest absolute Gasteiger partial charge is 0.328 e. The van der Waals surface area contributed by atoms with Crippen LogP contribution in [0.2, 0.25) is 5.02 Å². The lowest BCUT2D eigenvalue weighted by atomic mass is 10.2. The van der Waals surface area contributed by atoms with Crippen LogP contribution >= 0.6 is 11.6 Å². The average molecular weight is 321 g/mol. The predicted molar refractivity (Wildman–Crippen MR) is 79.6 cm³/mol. The number of hydrogen-bond donors (Lipinski definition) is 2. The average Bonchev–Trinajstić information content (AvgIpc) is 2.36. The molecule has 0 fully saturated rings. The molecule has 2 N–H and O–H groups in total. The molecule has 0 aliphatic heterocycles. The van der Waals surface area contributed by atoms with Crippen LogP contribution in [0.15, 0.2) is 18.2 Å². The van der Waals surface area contributed by atoms with Gasteiger partial charge in [0.05, 0.1) is 29.8 Å². The number of carbonyl (C=O) groups is 1. The molecule has 1 aromatic carbocycles. The minimum atomic E-state index is -3.37. The van der Waals surface area contributed by atoms with E-state index >= 15 is 0 Å². The molecule has 0 aliphatic rings. The summed E-state index contributed by atoms with van der Waals surface area (Å²) in [5, 5.41) is 3.31. The molecule has 6 nitrogen and oxygen atoms in total. The number of sulfonamides is 1. The van der Waals surface area contributed by atoms with Gasteiger partial charge in [0.1, 0.15) is 6.04 Å². The molecular weight excluding hydrogens is 304 g/mol. The van der Waals surface area contributed by atoms with Crippen molar-refractivity contribution in [3.8, 4) is 0 Å². The summed E-state index contributed by atoms with van der Waals surface area (Å²) in [7, 11) is -2.07. The molecule has 0 amide bonds. The third-order valence-electron chi connectivity index (χ3n) is 2.49. The third-order valence-corrected chi connectivity index (χ3v) is 3.43. The van der Waals surface area contributed by atoms with Crippen LogP contribution in [0.1, 0.15) is 13.3 Å². The molecular formula is C12H17ClN2O4S. The summed E-state index contributed by atoms with van der Waals surface area (Å²) >= 11 is 6.02. The largest absolute Gasteiger partial charge is 0.467 e. The van der Waals surface area contributed by atoms with Crippen LogP contribution in [0.3, 0.4) is 0 Å². The van der Waals surface area contributed by atoms with Gasteiger partial charge in [0, 0.05) is 0 Å². The lowest BCUT2D eigenvalue weighted by molar-refractivity contribution is -0.141. The minimum Gasteiger partial charge on any atom is -0.467 e. The second-order valence-corrected chi connectivity index (χ2v) is 6.35. The first-order valence-electron chi connectivity index (χ1n) is 5.88. The second kappa shape index (κ2) is 6.81. The predicted octanol–water partition coefficient (Wildman–Crippen LogP) is 2.08. The first-order chi connectivity index (χ1) is 9.26. The maximum absolute atomic E-state index is 11.5. The number of halogens is 1. The number of ether oxygens (including phenoxy) is 1. The topological polar surface area (TPSA) is 84.5 Å². The SMILES string of the molecule is CCC(Nc1cc(NS(C)(=O)=O)ccc1Cl)C(=O)OC. The molecule has 0 aromatic heterocycles. The van der Waals surface area contributed by atoms with Crippen LogP contribution in [-0.4, -0.2) is 33.8 Å². The van der Waals surface area contributed by atoms with Gasteiger partial charge in [-0.2, -0.15) is 0 Å². The highest BCUT2D eigenvalue weighted by Gasteiger charge is 2.18. The Morgan fingerprint density at radius 3 is 2.60 bits per heavy atom. The Balaban J connectivity index is 2.99. The maximum Gasteiger partial charge on any atom is 0.328 e. The minimum absolute atomic E-state index is 0.360. The number of hydrogen-bond acceptors (Lipinski definition) is 5. The van der Waals surface area contributed by atoms with Crippen molar-refractivity contribution in [2.24, 2.45) is 0 Å². The van der Waals surface area contributed by atoms with Crippen LogP contribution < -0.4 is 10.0 Å². The van der Waals surface area contributed by atoms with E-state index in [1.807, 2.05) is 6.92 Å². The van der Waals surface area contributed by atoms with Gasteiger partial charge < -0.3 is 10.1 Å². The van der Waals surface area contributed by atoms with E-state index in [4.69, 9.17) is 11.6 Å². The molecule has 0 aliphatic carbocycles. The highest BCUT2D eigenvalue weighted by atomic mass is 35.5. The van der Waals surface area contributed by atoms with Gasteiger partial charge in [-0.3, -0.25) is 4.72 Å². The number of esters is 1. The zero-order chi connectivity index (χ0) is 15.3. The van der Waals surface area contributed by atoms with Gasteiger partial charge in [0.2, 0.25) is 10.0 Å². The summed E-state index contributed by atoms with van der Waals surface area (Å²) < 4.78 is 29.4. The summed E-state index contributed by atoms with van der Waals surface area (Å²) in [5.41, 5.74) is 0.816. The molecule has 1 unspecified atom stereocenters. The van der Waals surface area contributed by atoms with Gasteiger partial charge >= 0.3 is 5.97 Å². The van der Waals surface area contributed by atoms with E-state index in [0.29, 0.717) is 22.8 Å². The Bertz CT molecular complexity index is 589. The van der Waals surface area contributed by atoms with E-state index in [9.17, 15) is 13.2 Å². The van der Waals surface area contributed by atoms with Crippen molar-refractivity contribution in [1.82, 2.24) is 0 Å². The highest BCUT2D eigenvalue weighted by Crippen LogP contribution is 2.27. The van der Waals surface area contributed by atoms with Crippen LogP contribution in [0.25, 0.3) is 0 Å². The number of rotatable bonds is 6. The number of methoxy groups -OCH3 is 1. The molecule has 1 atom stereocenters. The van der Waals surface area contributed by atoms with Crippen LogP contribution in [-0.2, 0) is 19.6 Å². The van der Waals surface area contributed by atoms with Crippen molar-refractivity contribution < 1.29 is 17.9 Å². The van der Waals surface area contributed by atoms with Crippen molar-refractivity contribution >= 4 is 39.0 Å². The van der Waals surface area contributed by atoms with Crippen LogP contribution in [0.4, 0.5) is 11.4 Å². The monoisotopic (exact) mass is 320 g/mol. The van der Waals surface area contributed by atoms with Crippen molar-refractivity contribution in [3.05, 3.63) is 23.2 Å². The number of benzene rings is 1. The number of anilines is 2. The van der Waals surface area contributed by atoms with Gasteiger partial charge in [-0.05, 0) is 24.6 Å². The fourth-order valence-electron chi connectivity index (χ4n) is 1.57. The molecule has 1 aromatic rings. The molecule has 0 heterocycles. The lowest BCUT2D eigenvalue weighted by Gasteiger charge is -2.17. The fourth-order valence-corrected chi connectivity index (χ4v) is 2.30. The fraction of sp³-hybridized carbons (Fsp3) is 0.417. The molecule has 0 saturated carbocycles. The summed E-state index contributed by atoms with van der Waals surface area (Å²) in [6.07, 6.45) is 1.56. The number of carbonyl (C=O) groups excluding carboxylic acids is 1. The molecule has 8 heteroatoms. The van der Waals surface area contributed by atoms with E-state index in [0.717, 1.165) is 6.26 Å². The Kier molecular flexibility index (Phi) is 5.64. The van der Waals surface area contributed by atoms with Crippen LogP contribution in [0, 0.1) is 0 Å². The van der Waals surface area contributed by atoms with Crippen LogP contribution in [0.5, 0.6) is 0 Å². The van der Waals surface area contributed by atoms with Gasteiger partial charge in [0.15, 0.2) is 0 Å². The van der Waals surface area contributed by atoms with E-state index in [2.05, 4.69) is 14.8 Å².